The lowest BCUT2D eigenvalue weighted by Gasteiger charge is -2.07. The van der Waals surface area contributed by atoms with Gasteiger partial charge in [0.05, 0.1) is 0 Å². The number of hydrogen-bond donors (Lipinski definition) is 3. The number of primary amides is 1. The van der Waals surface area contributed by atoms with Crippen LogP contribution in [0.15, 0.2) is 54.7 Å². The van der Waals surface area contributed by atoms with Crippen LogP contribution in [0.4, 0.5) is 0 Å². The lowest BCUT2D eigenvalue weighted by molar-refractivity contribution is -0.121. The standard InChI is InChI=1S/C22H25N3O2/c23-22(27)19-10-2-1-7-16(19)8-5-6-14-24-21(26)13-12-17-15-25-20-11-4-3-9-18(17)20/h1-4,7,9-11,15,25H,5-6,8,12-14H2,(H2,23,27)(H,24,26). The Hall–Kier alpha value is -3.08. The quantitative estimate of drug-likeness (QED) is 0.509. The van der Waals surface area contributed by atoms with Crippen LogP contribution in [0.25, 0.3) is 10.9 Å². The number of nitrogens with two attached hydrogens (primary N) is 1. The molecule has 5 nitrogen and oxygen atoms in total. The van der Waals surface area contributed by atoms with E-state index in [4.69, 9.17) is 5.73 Å². The van der Waals surface area contributed by atoms with E-state index in [1.54, 1.807) is 6.07 Å². The zero-order valence-corrected chi connectivity index (χ0v) is 15.3. The number of amides is 2. The fourth-order valence-corrected chi connectivity index (χ4v) is 3.32. The van der Waals surface area contributed by atoms with E-state index in [0.29, 0.717) is 18.5 Å². The molecule has 3 aromatic rings. The third-order valence-corrected chi connectivity index (χ3v) is 4.77. The average molecular weight is 363 g/mol. The number of nitrogens with one attached hydrogen (secondary N) is 2. The number of unbranched alkanes of at least 4 members (excludes halogenated alkanes) is 1. The van der Waals surface area contributed by atoms with Crippen LogP contribution in [0.2, 0.25) is 0 Å². The number of rotatable bonds is 9. The Balaban J connectivity index is 1.37. The summed E-state index contributed by atoms with van der Waals surface area (Å²) in [4.78, 5) is 26.7. The first-order valence-electron chi connectivity index (χ1n) is 9.34. The molecule has 0 saturated carbocycles. The number of benzene rings is 2. The molecule has 4 N–H and O–H groups in total. The molecule has 0 unspecified atom stereocenters. The van der Waals surface area contributed by atoms with Crippen molar-refractivity contribution < 1.29 is 9.59 Å². The summed E-state index contributed by atoms with van der Waals surface area (Å²) in [5, 5.41) is 4.16. The second kappa shape index (κ2) is 9.03. The van der Waals surface area contributed by atoms with E-state index in [9.17, 15) is 9.59 Å². The van der Waals surface area contributed by atoms with Gasteiger partial charge in [-0.05, 0) is 48.9 Å². The van der Waals surface area contributed by atoms with E-state index in [1.165, 1.54) is 10.9 Å². The van der Waals surface area contributed by atoms with Crippen LogP contribution in [0, 0.1) is 0 Å². The van der Waals surface area contributed by atoms with Crippen LogP contribution in [0.1, 0.15) is 40.7 Å². The van der Waals surface area contributed by atoms with Gasteiger partial charge in [0.1, 0.15) is 0 Å². The molecule has 0 aliphatic rings. The Labute approximate surface area is 159 Å². The fourth-order valence-electron chi connectivity index (χ4n) is 3.32. The van der Waals surface area contributed by atoms with Crippen molar-refractivity contribution in [1.29, 1.82) is 0 Å². The Morgan fingerprint density at radius 2 is 1.70 bits per heavy atom. The second-order valence-electron chi connectivity index (χ2n) is 6.69. The van der Waals surface area contributed by atoms with E-state index in [0.717, 1.165) is 36.8 Å². The van der Waals surface area contributed by atoms with Gasteiger partial charge in [-0.25, -0.2) is 0 Å². The van der Waals surface area contributed by atoms with Crippen molar-refractivity contribution in [2.24, 2.45) is 5.73 Å². The van der Waals surface area contributed by atoms with Crippen LogP contribution in [0.5, 0.6) is 0 Å². The Morgan fingerprint density at radius 3 is 2.56 bits per heavy atom. The summed E-state index contributed by atoms with van der Waals surface area (Å²) in [7, 11) is 0. The molecule has 0 radical (unpaired) electrons. The summed E-state index contributed by atoms with van der Waals surface area (Å²) in [6.07, 6.45) is 5.73. The highest BCUT2D eigenvalue weighted by Gasteiger charge is 2.08. The number of aromatic nitrogens is 1. The number of carbonyl (C=O) groups is 2. The number of carbonyl (C=O) groups excluding carboxylic acids is 2. The van der Waals surface area contributed by atoms with Crippen LogP contribution in [0.3, 0.4) is 0 Å². The third kappa shape index (κ3) is 4.97. The molecule has 5 heteroatoms. The van der Waals surface area contributed by atoms with Gasteiger partial charge in [-0.2, -0.15) is 0 Å². The summed E-state index contributed by atoms with van der Waals surface area (Å²) in [6.45, 7) is 0.644. The molecule has 0 aliphatic heterocycles. The maximum absolute atomic E-state index is 12.1. The minimum Gasteiger partial charge on any atom is -0.366 e. The minimum absolute atomic E-state index is 0.0674. The van der Waals surface area contributed by atoms with E-state index in [-0.39, 0.29) is 5.91 Å². The number of fused-ring (bicyclic) bond motifs is 1. The van der Waals surface area contributed by atoms with Gasteiger partial charge in [-0.15, -0.1) is 0 Å². The van der Waals surface area contributed by atoms with Gasteiger partial charge in [0.25, 0.3) is 0 Å². The second-order valence-corrected chi connectivity index (χ2v) is 6.69. The maximum atomic E-state index is 12.1. The number of para-hydroxylation sites is 1. The van der Waals surface area contributed by atoms with Crippen molar-refractivity contribution in [1.82, 2.24) is 10.3 Å². The lowest BCUT2D eigenvalue weighted by atomic mass is 10.0. The predicted octanol–water partition coefficient (Wildman–Crippen LogP) is 3.34. The highest BCUT2D eigenvalue weighted by atomic mass is 16.1. The minimum atomic E-state index is -0.392. The molecular weight excluding hydrogens is 338 g/mol. The first-order chi connectivity index (χ1) is 13.1. The normalized spacial score (nSPS) is 10.8. The van der Waals surface area contributed by atoms with Gasteiger partial charge in [0, 0.05) is 35.6 Å². The van der Waals surface area contributed by atoms with Crippen LogP contribution in [-0.4, -0.2) is 23.3 Å². The summed E-state index contributed by atoms with van der Waals surface area (Å²) < 4.78 is 0. The maximum Gasteiger partial charge on any atom is 0.248 e. The third-order valence-electron chi connectivity index (χ3n) is 4.77. The zero-order chi connectivity index (χ0) is 19.1. The van der Waals surface area contributed by atoms with Crippen molar-refractivity contribution in [2.45, 2.75) is 32.1 Å². The Morgan fingerprint density at radius 1 is 0.926 bits per heavy atom. The molecule has 2 aromatic carbocycles. The van der Waals surface area contributed by atoms with E-state index >= 15 is 0 Å². The first kappa shape index (κ1) is 18.7. The lowest BCUT2D eigenvalue weighted by Crippen LogP contribution is -2.24. The Kier molecular flexibility index (Phi) is 6.26. The molecule has 0 fully saturated rings. The topological polar surface area (TPSA) is 88.0 Å². The molecule has 0 spiro atoms. The Bertz CT molecular complexity index is 930. The van der Waals surface area contributed by atoms with Gasteiger partial charge in [-0.3, -0.25) is 9.59 Å². The monoisotopic (exact) mass is 363 g/mol. The van der Waals surface area contributed by atoms with Crippen LogP contribution < -0.4 is 11.1 Å². The molecule has 2 amide bonds. The van der Waals surface area contributed by atoms with Gasteiger partial charge >= 0.3 is 0 Å². The SMILES string of the molecule is NC(=O)c1ccccc1CCCCNC(=O)CCc1c[nH]c2ccccc12. The van der Waals surface area contributed by atoms with E-state index in [2.05, 4.69) is 16.4 Å². The number of aryl methyl sites for hydroxylation is 2. The number of aromatic amines is 1. The van der Waals surface area contributed by atoms with Crippen molar-refractivity contribution in [3.63, 3.8) is 0 Å². The predicted molar refractivity (Wildman–Crippen MR) is 108 cm³/mol. The summed E-state index contributed by atoms with van der Waals surface area (Å²) in [5.74, 6) is -0.325. The van der Waals surface area contributed by atoms with Gasteiger partial charge in [-0.1, -0.05) is 36.4 Å². The van der Waals surface area contributed by atoms with E-state index < -0.39 is 5.91 Å². The van der Waals surface area contributed by atoms with Crippen LogP contribution >= 0.6 is 0 Å². The fraction of sp³-hybridized carbons (Fsp3) is 0.273. The van der Waals surface area contributed by atoms with Gasteiger partial charge in [0.2, 0.25) is 11.8 Å². The highest BCUT2D eigenvalue weighted by molar-refractivity contribution is 5.94. The van der Waals surface area contributed by atoms with Crippen molar-refractivity contribution in [2.75, 3.05) is 6.54 Å². The van der Waals surface area contributed by atoms with Crippen LogP contribution in [-0.2, 0) is 17.6 Å². The molecular formula is C22H25N3O2. The van der Waals surface area contributed by atoms with Crippen molar-refractivity contribution >= 4 is 22.7 Å². The van der Waals surface area contributed by atoms with Crippen molar-refractivity contribution in [3.8, 4) is 0 Å². The first-order valence-corrected chi connectivity index (χ1v) is 9.34. The molecule has 0 aliphatic carbocycles. The molecule has 0 bridgehead atoms. The van der Waals surface area contributed by atoms with Gasteiger partial charge in [0.15, 0.2) is 0 Å². The molecule has 3 rings (SSSR count). The average Bonchev–Trinajstić information content (AvgIpc) is 3.09. The summed E-state index contributed by atoms with van der Waals surface area (Å²) in [6, 6.07) is 15.5. The zero-order valence-electron chi connectivity index (χ0n) is 15.3. The molecule has 0 atom stereocenters. The summed E-state index contributed by atoms with van der Waals surface area (Å²) >= 11 is 0. The smallest absolute Gasteiger partial charge is 0.248 e. The summed E-state index contributed by atoms with van der Waals surface area (Å²) in [5.41, 5.74) is 9.22. The molecule has 0 saturated heterocycles. The van der Waals surface area contributed by atoms with Gasteiger partial charge < -0.3 is 16.0 Å². The largest absolute Gasteiger partial charge is 0.366 e. The van der Waals surface area contributed by atoms with E-state index in [1.807, 2.05) is 42.6 Å². The molecule has 140 valence electrons. The molecule has 1 heterocycles. The molecule has 27 heavy (non-hydrogen) atoms. The number of H-pyrrole nitrogens is 1. The van der Waals surface area contributed by atoms with Crippen molar-refractivity contribution in [3.05, 3.63) is 71.4 Å². The number of hydrogen-bond acceptors (Lipinski definition) is 2. The highest BCUT2D eigenvalue weighted by Crippen LogP contribution is 2.18. The molecule has 1 aromatic heterocycles.